The van der Waals surface area contributed by atoms with Crippen LogP contribution in [0.15, 0.2) is 18.2 Å². The fourth-order valence-electron chi connectivity index (χ4n) is 2.48. The summed E-state index contributed by atoms with van der Waals surface area (Å²) in [6.45, 7) is 6.62. The molecule has 1 aromatic carbocycles. The van der Waals surface area contributed by atoms with Gasteiger partial charge < -0.3 is 9.64 Å². The zero-order chi connectivity index (χ0) is 13.1. The molecule has 0 aromatic heterocycles. The van der Waals surface area contributed by atoms with Gasteiger partial charge in [-0.1, -0.05) is 13.8 Å². The maximum Gasteiger partial charge on any atom is 0.121 e. The number of ether oxygens (including phenoxy) is 1. The number of hydrogen-bond donors (Lipinski definition) is 0. The molecule has 0 radical (unpaired) electrons. The fourth-order valence-corrected chi connectivity index (χ4v) is 2.48. The Labute approximate surface area is 109 Å². The minimum Gasteiger partial charge on any atom is -0.497 e. The third-order valence-corrected chi connectivity index (χ3v) is 4.00. The zero-order valence-electron chi connectivity index (χ0n) is 11.3. The summed E-state index contributed by atoms with van der Waals surface area (Å²) in [5.41, 5.74) is 1.74. The van der Waals surface area contributed by atoms with Gasteiger partial charge >= 0.3 is 0 Å². The second kappa shape index (κ2) is 5.30. The van der Waals surface area contributed by atoms with Crippen molar-refractivity contribution in [2.24, 2.45) is 11.8 Å². The van der Waals surface area contributed by atoms with Crippen LogP contribution in [0.4, 0.5) is 5.69 Å². The smallest absolute Gasteiger partial charge is 0.121 e. The number of methoxy groups -OCH3 is 1. The third kappa shape index (κ3) is 2.43. The molecule has 0 N–H and O–H groups in total. The van der Waals surface area contributed by atoms with Crippen molar-refractivity contribution in [2.75, 3.05) is 25.1 Å². The average Bonchev–Trinajstić information content (AvgIpc) is 2.41. The molecule has 0 aliphatic carbocycles. The van der Waals surface area contributed by atoms with Crippen molar-refractivity contribution in [1.29, 1.82) is 5.26 Å². The monoisotopic (exact) mass is 244 g/mol. The van der Waals surface area contributed by atoms with Gasteiger partial charge in [0.05, 0.1) is 18.4 Å². The molecule has 96 valence electrons. The standard InChI is InChI=1S/C15H20N2O/c1-11-6-7-17(10-12(11)2)15-8-14(18-3)5-4-13(15)9-16/h4-5,8,11-12H,6-7,10H2,1-3H3. The molecule has 0 spiro atoms. The number of piperidine rings is 1. The lowest BCUT2D eigenvalue weighted by atomic mass is 9.88. The first-order valence-corrected chi connectivity index (χ1v) is 6.48. The van der Waals surface area contributed by atoms with Gasteiger partial charge in [-0.05, 0) is 30.4 Å². The van der Waals surface area contributed by atoms with Crippen molar-refractivity contribution < 1.29 is 4.74 Å². The number of anilines is 1. The maximum absolute atomic E-state index is 9.21. The van der Waals surface area contributed by atoms with Crippen LogP contribution >= 0.6 is 0 Å². The summed E-state index contributed by atoms with van der Waals surface area (Å²) in [4.78, 5) is 2.31. The highest BCUT2D eigenvalue weighted by molar-refractivity contribution is 5.62. The van der Waals surface area contributed by atoms with Gasteiger partial charge in [-0.15, -0.1) is 0 Å². The lowest BCUT2D eigenvalue weighted by Crippen LogP contribution is -2.38. The predicted molar refractivity (Wildman–Crippen MR) is 72.9 cm³/mol. The van der Waals surface area contributed by atoms with Crippen LogP contribution < -0.4 is 9.64 Å². The van der Waals surface area contributed by atoms with Gasteiger partial charge in [0.25, 0.3) is 0 Å². The van der Waals surface area contributed by atoms with Gasteiger partial charge in [-0.2, -0.15) is 5.26 Å². The average molecular weight is 244 g/mol. The summed E-state index contributed by atoms with van der Waals surface area (Å²) in [6.07, 6.45) is 1.18. The minimum atomic E-state index is 0.663. The Morgan fingerprint density at radius 3 is 2.72 bits per heavy atom. The molecular formula is C15H20N2O. The summed E-state index contributed by atoms with van der Waals surface area (Å²) < 4.78 is 5.26. The van der Waals surface area contributed by atoms with Crippen molar-refractivity contribution in [1.82, 2.24) is 0 Å². The molecule has 1 fully saturated rings. The number of rotatable bonds is 2. The molecule has 18 heavy (non-hydrogen) atoms. The molecule has 0 amide bonds. The van der Waals surface area contributed by atoms with E-state index >= 15 is 0 Å². The van der Waals surface area contributed by atoms with Gasteiger partial charge in [0.15, 0.2) is 0 Å². The summed E-state index contributed by atoms with van der Waals surface area (Å²) in [5.74, 6) is 2.24. The van der Waals surface area contributed by atoms with Crippen molar-refractivity contribution in [3.8, 4) is 11.8 Å². The van der Waals surface area contributed by atoms with Gasteiger partial charge in [0.1, 0.15) is 11.8 Å². The molecule has 2 atom stereocenters. The molecular weight excluding hydrogens is 224 g/mol. The molecule has 1 saturated heterocycles. The molecule has 1 heterocycles. The Kier molecular flexibility index (Phi) is 3.76. The van der Waals surface area contributed by atoms with Crippen molar-refractivity contribution in [3.05, 3.63) is 23.8 Å². The van der Waals surface area contributed by atoms with Crippen LogP contribution in [-0.2, 0) is 0 Å². The first-order valence-electron chi connectivity index (χ1n) is 6.48. The number of benzene rings is 1. The third-order valence-electron chi connectivity index (χ3n) is 4.00. The lowest BCUT2D eigenvalue weighted by Gasteiger charge is -2.37. The Hall–Kier alpha value is -1.69. The highest BCUT2D eigenvalue weighted by atomic mass is 16.5. The van der Waals surface area contributed by atoms with E-state index in [1.165, 1.54) is 6.42 Å². The molecule has 2 rings (SSSR count). The summed E-state index contributed by atoms with van der Waals surface area (Å²) in [7, 11) is 1.66. The fraction of sp³-hybridized carbons (Fsp3) is 0.533. The van der Waals surface area contributed by atoms with Crippen LogP contribution in [0.25, 0.3) is 0 Å². The zero-order valence-corrected chi connectivity index (χ0v) is 11.3. The number of nitriles is 1. The van der Waals surface area contributed by atoms with E-state index in [9.17, 15) is 5.26 Å². The van der Waals surface area contributed by atoms with E-state index in [1.807, 2.05) is 18.2 Å². The quantitative estimate of drug-likeness (QED) is 0.802. The maximum atomic E-state index is 9.21. The van der Waals surface area contributed by atoms with Gasteiger partial charge in [-0.3, -0.25) is 0 Å². The molecule has 1 aromatic rings. The molecule has 3 heteroatoms. The highest BCUT2D eigenvalue weighted by Gasteiger charge is 2.24. The van der Waals surface area contributed by atoms with E-state index in [0.717, 1.165) is 36.0 Å². The molecule has 1 aliphatic heterocycles. The number of hydrogen-bond acceptors (Lipinski definition) is 3. The second-order valence-electron chi connectivity index (χ2n) is 5.18. The Bertz CT molecular complexity index is 464. The van der Waals surface area contributed by atoms with Crippen LogP contribution in [0, 0.1) is 23.2 Å². The minimum absolute atomic E-state index is 0.663. The molecule has 2 unspecified atom stereocenters. The van der Waals surface area contributed by atoms with Crippen molar-refractivity contribution in [2.45, 2.75) is 20.3 Å². The van der Waals surface area contributed by atoms with Crippen LogP contribution in [-0.4, -0.2) is 20.2 Å². The van der Waals surface area contributed by atoms with Crippen LogP contribution in [0.3, 0.4) is 0 Å². The van der Waals surface area contributed by atoms with E-state index in [2.05, 4.69) is 24.8 Å². The molecule has 0 saturated carbocycles. The first-order chi connectivity index (χ1) is 8.65. The van der Waals surface area contributed by atoms with Gasteiger partial charge in [0.2, 0.25) is 0 Å². The van der Waals surface area contributed by atoms with Gasteiger partial charge in [-0.25, -0.2) is 0 Å². The number of nitrogens with zero attached hydrogens (tertiary/aromatic N) is 2. The van der Waals surface area contributed by atoms with E-state index in [-0.39, 0.29) is 0 Å². The van der Waals surface area contributed by atoms with Crippen LogP contribution in [0.5, 0.6) is 5.75 Å². The Morgan fingerprint density at radius 2 is 2.11 bits per heavy atom. The topological polar surface area (TPSA) is 36.3 Å². The van der Waals surface area contributed by atoms with E-state index in [0.29, 0.717) is 5.92 Å². The summed E-state index contributed by atoms with van der Waals surface area (Å²) in [5, 5.41) is 9.21. The molecule has 0 bridgehead atoms. The highest BCUT2D eigenvalue weighted by Crippen LogP contribution is 2.31. The normalized spacial score (nSPS) is 23.6. The summed E-state index contributed by atoms with van der Waals surface area (Å²) >= 11 is 0. The van der Waals surface area contributed by atoms with E-state index in [4.69, 9.17) is 4.74 Å². The predicted octanol–water partition coefficient (Wildman–Crippen LogP) is 3.05. The van der Waals surface area contributed by atoms with Crippen molar-refractivity contribution in [3.63, 3.8) is 0 Å². The van der Waals surface area contributed by atoms with E-state index < -0.39 is 0 Å². The van der Waals surface area contributed by atoms with E-state index in [1.54, 1.807) is 7.11 Å². The van der Waals surface area contributed by atoms with Crippen LogP contribution in [0.2, 0.25) is 0 Å². The second-order valence-corrected chi connectivity index (χ2v) is 5.18. The summed E-state index contributed by atoms with van der Waals surface area (Å²) in [6, 6.07) is 7.94. The van der Waals surface area contributed by atoms with Gasteiger partial charge in [0, 0.05) is 19.2 Å². The Morgan fingerprint density at radius 1 is 1.33 bits per heavy atom. The van der Waals surface area contributed by atoms with Crippen LogP contribution in [0.1, 0.15) is 25.8 Å². The lowest BCUT2D eigenvalue weighted by molar-refractivity contribution is 0.323. The first kappa shape index (κ1) is 12.8. The van der Waals surface area contributed by atoms with Crippen molar-refractivity contribution >= 4 is 5.69 Å². The SMILES string of the molecule is COc1ccc(C#N)c(N2CCC(C)C(C)C2)c1. The largest absolute Gasteiger partial charge is 0.497 e. The molecule has 3 nitrogen and oxygen atoms in total. The Balaban J connectivity index is 2.29. The molecule has 1 aliphatic rings.